The Morgan fingerprint density at radius 2 is 1.60 bits per heavy atom. The summed E-state index contributed by atoms with van der Waals surface area (Å²) in [5.41, 5.74) is 0. The molecule has 0 saturated heterocycles. The Morgan fingerprint density at radius 1 is 1.60 bits per heavy atom. The van der Waals surface area contributed by atoms with E-state index in [4.69, 9.17) is 10.1 Å². The molecule has 0 N–H and O–H groups in total. The Kier molecular flexibility index (Phi) is 57.0. The summed E-state index contributed by atoms with van der Waals surface area (Å²) in [6.45, 7) is 0. The molecule has 0 aliphatic rings. The number of hydrogen-bond acceptors (Lipinski definition) is 3. The number of rotatable bonds is 0. The Bertz CT molecular complexity index is 17.1. The molecule has 26 valence electrons. The Labute approximate surface area is 82.3 Å². The van der Waals surface area contributed by atoms with Crippen LogP contribution in [0.4, 0.5) is 0 Å². The van der Waals surface area contributed by atoms with Crippen molar-refractivity contribution in [2.45, 2.75) is 0 Å². The third-order valence-corrected chi connectivity index (χ3v) is 0. The zero-order chi connectivity index (χ0) is 2.71. The van der Waals surface area contributed by atoms with E-state index in [-0.39, 0.29) is 68.4 Å². The second-order valence-corrected chi connectivity index (χ2v) is 0.0745. The van der Waals surface area contributed by atoms with Crippen molar-refractivity contribution in [2.75, 3.05) is 0 Å². The summed E-state index contributed by atoms with van der Waals surface area (Å²) in [4.78, 5) is 8.00. The molecular formula is HBrKNO2. The van der Waals surface area contributed by atoms with Crippen LogP contribution in [0.5, 0.6) is 0 Å². The number of nitrogens with zero attached hydrogens (tertiary/aromatic N) is 1. The largest absolute Gasteiger partial charge is 1.00 e. The fraction of sp³-hybridized carbons (Fsp3) is 0. The van der Waals surface area contributed by atoms with Crippen LogP contribution < -0.4 is 51.4 Å². The third kappa shape index (κ3) is 29.7. The molecule has 0 amide bonds. The van der Waals surface area contributed by atoms with Crippen molar-refractivity contribution in [1.29, 1.82) is 0 Å². The van der Waals surface area contributed by atoms with Crippen molar-refractivity contribution in [3.8, 4) is 0 Å². The predicted molar refractivity (Wildman–Crippen MR) is 19.5 cm³/mol. The predicted octanol–water partition coefficient (Wildman–Crippen LogP) is -2.17. The Balaban J connectivity index is -0.0000000200. The minimum absolute atomic E-state index is 0. The first kappa shape index (κ1) is 16.0. The SMILES string of the molecule is Br.O=N[O-].[K+]. The molecule has 0 aromatic rings. The van der Waals surface area contributed by atoms with E-state index >= 15 is 0 Å². The molecule has 0 aromatic heterocycles. The van der Waals surface area contributed by atoms with Crippen LogP contribution in [0.3, 0.4) is 0 Å². The maximum absolute atomic E-state index is 8.00. The maximum atomic E-state index is 8.00. The first-order valence-electron chi connectivity index (χ1n) is 0.365. The molecule has 0 aliphatic carbocycles. The van der Waals surface area contributed by atoms with Crippen LogP contribution >= 0.6 is 17.0 Å². The van der Waals surface area contributed by atoms with Crippen LogP contribution in [-0.4, -0.2) is 0 Å². The zero-order valence-corrected chi connectivity index (χ0v) is 7.51. The van der Waals surface area contributed by atoms with Crippen molar-refractivity contribution in [3.63, 3.8) is 0 Å². The van der Waals surface area contributed by atoms with Crippen molar-refractivity contribution < 1.29 is 51.4 Å². The van der Waals surface area contributed by atoms with Gasteiger partial charge in [-0.1, -0.05) is 0 Å². The van der Waals surface area contributed by atoms with E-state index in [0.717, 1.165) is 5.34 Å². The van der Waals surface area contributed by atoms with Gasteiger partial charge in [0.25, 0.3) is 0 Å². The summed E-state index contributed by atoms with van der Waals surface area (Å²) in [5.74, 6) is 0. The molecule has 0 atom stereocenters. The molecule has 0 rings (SSSR count). The summed E-state index contributed by atoms with van der Waals surface area (Å²) in [5, 5.41) is 9.00. The van der Waals surface area contributed by atoms with E-state index in [1.807, 2.05) is 0 Å². The van der Waals surface area contributed by atoms with Crippen LogP contribution in [0.1, 0.15) is 0 Å². The topological polar surface area (TPSA) is 52.5 Å². The minimum Gasteiger partial charge on any atom is -0.444 e. The summed E-state index contributed by atoms with van der Waals surface area (Å²) in [7, 11) is 0. The van der Waals surface area contributed by atoms with E-state index in [1.165, 1.54) is 0 Å². The van der Waals surface area contributed by atoms with Gasteiger partial charge in [0.05, 0.1) is 0 Å². The molecule has 0 saturated carbocycles. The normalized spacial score (nSPS) is 2.40. The van der Waals surface area contributed by atoms with Gasteiger partial charge in [-0.25, -0.2) is 0 Å². The van der Waals surface area contributed by atoms with E-state index < -0.39 is 0 Å². The molecule has 0 heterocycles. The van der Waals surface area contributed by atoms with Gasteiger partial charge in [0.2, 0.25) is 0 Å². The molecular weight excluding hydrogens is 165 g/mol. The molecule has 0 unspecified atom stereocenters. The molecule has 5 heavy (non-hydrogen) atoms. The molecule has 0 bridgehead atoms. The van der Waals surface area contributed by atoms with Gasteiger partial charge in [0.1, 0.15) is 0 Å². The smallest absolute Gasteiger partial charge is 0.444 e. The van der Waals surface area contributed by atoms with E-state index in [0.29, 0.717) is 0 Å². The quantitative estimate of drug-likeness (QED) is 0.233. The van der Waals surface area contributed by atoms with E-state index in [1.54, 1.807) is 0 Å². The van der Waals surface area contributed by atoms with Gasteiger partial charge < -0.3 is 10.1 Å². The van der Waals surface area contributed by atoms with Crippen LogP contribution in [-0.2, 0) is 0 Å². The monoisotopic (exact) mass is 165 g/mol. The van der Waals surface area contributed by atoms with Crippen molar-refractivity contribution in [1.82, 2.24) is 0 Å². The second kappa shape index (κ2) is 17.8. The summed E-state index contributed by atoms with van der Waals surface area (Å²) < 4.78 is 0. The average molecular weight is 166 g/mol. The Hall–Kier alpha value is 1.52. The van der Waals surface area contributed by atoms with Crippen LogP contribution in [0.25, 0.3) is 0 Å². The number of hydrogen-bond donors (Lipinski definition) is 0. The fourth-order valence-electron chi connectivity index (χ4n) is 0. The van der Waals surface area contributed by atoms with E-state index in [9.17, 15) is 0 Å². The van der Waals surface area contributed by atoms with Gasteiger partial charge in [-0.3, -0.25) is 0 Å². The average Bonchev–Trinajstić information content (AvgIpc) is 0.918. The second-order valence-electron chi connectivity index (χ2n) is 0.0745. The zero-order valence-electron chi connectivity index (χ0n) is 2.67. The van der Waals surface area contributed by atoms with Crippen molar-refractivity contribution >= 4 is 17.0 Å². The van der Waals surface area contributed by atoms with Gasteiger partial charge in [0.15, 0.2) is 0 Å². The number of halogens is 1. The van der Waals surface area contributed by atoms with Crippen LogP contribution in [0.15, 0.2) is 5.34 Å². The fourth-order valence-corrected chi connectivity index (χ4v) is 0. The van der Waals surface area contributed by atoms with Crippen molar-refractivity contribution in [3.05, 3.63) is 10.1 Å². The summed E-state index contributed by atoms with van der Waals surface area (Å²) in [6, 6.07) is 0. The van der Waals surface area contributed by atoms with Crippen molar-refractivity contribution in [2.24, 2.45) is 5.34 Å². The molecule has 3 nitrogen and oxygen atoms in total. The van der Waals surface area contributed by atoms with Crippen LogP contribution in [0, 0.1) is 10.1 Å². The molecule has 0 fully saturated rings. The first-order valence-corrected chi connectivity index (χ1v) is 0.365. The van der Waals surface area contributed by atoms with Crippen LogP contribution in [0.2, 0.25) is 0 Å². The molecule has 0 radical (unpaired) electrons. The van der Waals surface area contributed by atoms with Gasteiger partial charge >= 0.3 is 51.4 Å². The Morgan fingerprint density at radius 3 is 1.60 bits per heavy atom. The van der Waals surface area contributed by atoms with E-state index in [2.05, 4.69) is 0 Å². The van der Waals surface area contributed by atoms with Gasteiger partial charge in [0, 0.05) is 0 Å². The molecule has 0 spiro atoms. The summed E-state index contributed by atoms with van der Waals surface area (Å²) in [6.07, 6.45) is 0. The van der Waals surface area contributed by atoms with Gasteiger partial charge in [-0.05, 0) is 0 Å². The van der Waals surface area contributed by atoms with Gasteiger partial charge in [-0.2, -0.15) is 0 Å². The first-order chi connectivity index (χ1) is 1.41. The minimum atomic E-state index is 0. The third-order valence-electron chi connectivity index (χ3n) is 0. The molecule has 5 heteroatoms. The molecule has 0 aliphatic heterocycles. The maximum Gasteiger partial charge on any atom is 1.00 e. The van der Waals surface area contributed by atoms with Gasteiger partial charge in [-0.15, -0.1) is 22.3 Å². The standard InChI is InChI=1S/BrH.K.HNO2/c;;2-1-3/h1H;;(H,2,3)/q;+1;/p-1. The molecule has 0 aromatic carbocycles. The summed E-state index contributed by atoms with van der Waals surface area (Å²) >= 11 is 0.